The van der Waals surface area contributed by atoms with Crippen LogP contribution in [0.25, 0.3) is 11.1 Å². The first-order valence-electron chi connectivity index (χ1n) is 12.6. The molecular weight excluding hydrogens is 452 g/mol. The van der Waals surface area contributed by atoms with Crippen LogP contribution in [0.1, 0.15) is 24.0 Å². The first kappa shape index (κ1) is 23.9. The Hall–Kier alpha value is -3.84. The van der Waals surface area contributed by atoms with Crippen molar-refractivity contribution in [3.05, 3.63) is 83.9 Å². The Kier molecular flexibility index (Phi) is 7.47. The van der Waals surface area contributed by atoms with E-state index in [2.05, 4.69) is 63.3 Å². The van der Waals surface area contributed by atoms with Gasteiger partial charge >= 0.3 is 6.03 Å². The van der Waals surface area contributed by atoms with Gasteiger partial charge in [-0.1, -0.05) is 48.5 Å². The van der Waals surface area contributed by atoms with Crippen LogP contribution in [-0.2, 0) is 11.2 Å². The molecule has 0 bridgehead atoms. The van der Waals surface area contributed by atoms with Gasteiger partial charge in [0, 0.05) is 18.8 Å². The molecule has 2 aliphatic rings. The van der Waals surface area contributed by atoms with Gasteiger partial charge in [0.25, 0.3) is 0 Å². The number of rotatable bonds is 9. The van der Waals surface area contributed by atoms with Crippen molar-refractivity contribution in [2.45, 2.75) is 25.3 Å². The third-order valence-electron chi connectivity index (χ3n) is 6.76. The van der Waals surface area contributed by atoms with Gasteiger partial charge in [0.15, 0.2) is 0 Å². The summed E-state index contributed by atoms with van der Waals surface area (Å²) in [5.74, 6) is 0.682. The zero-order valence-corrected chi connectivity index (χ0v) is 20.3. The minimum Gasteiger partial charge on any atom is -0.492 e. The number of anilines is 1. The highest BCUT2D eigenvalue weighted by molar-refractivity contribution is 5.99. The van der Waals surface area contributed by atoms with Crippen LogP contribution in [0.15, 0.2) is 72.8 Å². The second-order valence-corrected chi connectivity index (χ2v) is 9.35. The number of urea groups is 1. The maximum Gasteiger partial charge on any atom is 0.315 e. The number of carbonyl (C=O) groups excluding carboxylic acids is 2. The number of hydrogen-bond donors (Lipinski definition) is 3. The molecule has 5 rings (SSSR count). The van der Waals surface area contributed by atoms with E-state index in [1.54, 1.807) is 0 Å². The van der Waals surface area contributed by atoms with Crippen molar-refractivity contribution in [2.24, 2.45) is 0 Å². The van der Waals surface area contributed by atoms with Crippen LogP contribution in [0.3, 0.4) is 0 Å². The number of nitrogens with one attached hydrogen (secondary N) is 3. The Bertz CT molecular complexity index is 1190. The molecular formula is C29H32N4O3. The van der Waals surface area contributed by atoms with E-state index in [-0.39, 0.29) is 11.9 Å². The maximum atomic E-state index is 12.3. The van der Waals surface area contributed by atoms with E-state index in [4.69, 9.17) is 4.74 Å². The van der Waals surface area contributed by atoms with Gasteiger partial charge in [-0.25, -0.2) is 4.79 Å². The molecule has 0 aromatic heterocycles. The van der Waals surface area contributed by atoms with Crippen LogP contribution >= 0.6 is 0 Å². The second kappa shape index (κ2) is 11.3. The lowest BCUT2D eigenvalue weighted by atomic mass is 9.95. The first-order valence-corrected chi connectivity index (χ1v) is 12.6. The average Bonchev–Trinajstić information content (AvgIpc) is 3.58. The number of ether oxygens (including phenoxy) is 1. The lowest BCUT2D eigenvalue weighted by Crippen LogP contribution is -2.38. The van der Waals surface area contributed by atoms with Gasteiger partial charge in [-0.2, -0.15) is 0 Å². The third-order valence-corrected chi connectivity index (χ3v) is 6.76. The van der Waals surface area contributed by atoms with E-state index in [9.17, 15) is 9.59 Å². The molecule has 2 saturated heterocycles. The van der Waals surface area contributed by atoms with Crippen molar-refractivity contribution < 1.29 is 14.3 Å². The predicted octanol–water partition coefficient (Wildman–Crippen LogP) is 4.04. The fourth-order valence-corrected chi connectivity index (χ4v) is 4.75. The van der Waals surface area contributed by atoms with Crippen molar-refractivity contribution in [3.63, 3.8) is 0 Å². The molecule has 7 nitrogen and oxygen atoms in total. The number of benzene rings is 3. The zero-order valence-electron chi connectivity index (χ0n) is 20.3. The smallest absolute Gasteiger partial charge is 0.315 e. The van der Waals surface area contributed by atoms with Crippen molar-refractivity contribution in [2.75, 3.05) is 38.1 Å². The number of likely N-dealkylation sites (tertiary alicyclic amines) is 1. The Labute approximate surface area is 211 Å². The fraction of sp³-hybridized carbons (Fsp3) is 0.310. The van der Waals surface area contributed by atoms with Gasteiger partial charge < -0.3 is 20.7 Å². The summed E-state index contributed by atoms with van der Waals surface area (Å²) in [6, 6.07) is 23.7. The molecule has 2 heterocycles. The first-order chi connectivity index (χ1) is 17.6. The van der Waals surface area contributed by atoms with Crippen molar-refractivity contribution in [1.29, 1.82) is 0 Å². The number of carbonyl (C=O) groups is 2. The highest BCUT2D eigenvalue weighted by Crippen LogP contribution is 2.27. The van der Waals surface area contributed by atoms with Crippen molar-refractivity contribution >= 4 is 17.6 Å². The molecule has 7 heteroatoms. The largest absolute Gasteiger partial charge is 0.492 e. The minimum absolute atomic E-state index is 0.232. The summed E-state index contributed by atoms with van der Waals surface area (Å²) in [4.78, 5) is 26.1. The minimum atomic E-state index is -0.556. The van der Waals surface area contributed by atoms with Crippen LogP contribution in [0.4, 0.5) is 10.5 Å². The Morgan fingerprint density at radius 2 is 1.72 bits per heavy atom. The molecule has 1 unspecified atom stereocenters. The normalized spacial score (nSPS) is 17.4. The molecule has 186 valence electrons. The molecule has 2 aliphatic heterocycles. The summed E-state index contributed by atoms with van der Waals surface area (Å²) in [5.41, 5.74) is 5.40. The summed E-state index contributed by atoms with van der Waals surface area (Å²) in [7, 11) is 0. The Balaban J connectivity index is 1.19. The molecule has 3 N–H and O–H groups in total. The molecule has 36 heavy (non-hydrogen) atoms. The molecule has 3 aromatic rings. The van der Waals surface area contributed by atoms with Gasteiger partial charge in [-0.05, 0) is 78.9 Å². The highest BCUT2D eigenvalue weighted by atomic mass is 16.5. The van der Waals surface area contributed by atoms with Gasteiger partial charge in [-0.3, -0.25) is 9.69 Å². The van der Waals surface area contributed by atoms with E-state index < -0.39 is 6.04 Å². The number of hydrogen-bond acceptors (Lipinski definition) is 4. The maximum absolute atomic E-state index is 12.3. The van der Waals surface area contributed by atoms with Crippen LogP contribution in [0, 0.1) is 0 Å². The predicted molar refractivity (Wildman–Crippen MR) is 141 cm³/mol. The fourth-order valence-electron chi connectivity index (χ4n) is 4.75. The molecule has 0 spiro atoms. The lowest BCUT2D eigenvalue weighted by Gasteiger charge is -2.15. The summed E-state index contributed by atoms with van der Waals surface area (Å²) in [6.07, 6.45) is 3.42. The SMILES string of the molecule is O=C1NCC(C(=O)Nc2ccc(-c3ccccc3Cc3ccc(OCCN4CCCC4)cc3)cc2)N1. The van der Waals surface area contributed by atoms with Gasteiger partial charge in [0.1, 0.15) is 18.4 Å². The molecule has 3 amide bonds. The molecule has 0 radical (unpaired) electrons. The van der Waals surface area contributed by atoms with Crippen LogP contribution < -0.4 is 20.7 Å². The quantitative estimate of drug-likeness (QED) is 0.428. The molecule has 0 aliphatic carbocycles. The molecule has 1 atom stereocenters. The van der Waals surface area contributed by atoms with Gasteiger partial charge in [0.2, 0.25) is 5.91 Å². The summed E-state index contributed by atoms with van der Waals surface area (Å²) < 4.78 is 5.95. The third kappa shape index (κ3) is 6.04. The monoisotopic (exact) mass is 484 g/mol. The van der Waals surface area contributed by atoms with Crippen LogP contribution in [0.5, 0.6) is 5.75 Å². The summed E-state index contributed by atoms with van der Waals surface area (Å²) in [5, 5.41) is 8.06. The molecule has 2 fully saturated rings. The van der Waals surface area contributed by atoms with Crippen molar-refractivity contribution in [3.8, 4) is 16.9 Å². The highest BCUT2D eigenvalue weighted by Gasteiger charge is 2.26. The molecule has 3 aromatic carbocycles. The van der Waals surface area contributed by atoms with Crippen molar-refractivity contribution in [1.82, 2.24) is 15.5 Å². The van der Waals surface area contributed by atoms with E-state index in [0.717, 1.165) is 36.4 Å². The zero-order chi connectivity index (χ0) is 24.7. The summed E-state index contributed by atoms with van der Waals surface area (Å²) in [6.45, 7) is 4.40. The number of nitrogens with zero attached hydrogens (tertiary/aromatic N) is 1. The Morgan fingerprint density at radius 3 is 2.44 bits per heavy atom. The van der Waals surface area contributed by atoms with E-state index in [1.807, 2.05) is 30.3 Å². The van der Waals surface area contributed by atoms with E-state index in [1.165, 1.54) is 37.1 Å². The topological polar surface area (TPSA) is 82.7 Å². The average molecular weight is 485 g/mol. The van der Waals surface area contributed by atoms with Gasteiger partial charge in [0.05, 0.1) is 0 Å². The van der Waals surface area contributed by atoms with E-state index in [0.29, 0.717) is 12.2 Å². The summed E-state index contributed by atoms with van der Waals surface area (Å²) >= 11 is 0. The van der Waals surface area contributed by atoms with E-state index >= 15 is 0 Å². The van der Waals surface area contributed by atoms with Crippen LogP contribution in [-0.4, -0.2) is 55.7 Å². The Morgan fingerprint density at radius 1 is 0.972 bits per heavy atom. The number of amides is 3. The standard InChI is InChI=1S/C29H32N4O3/c34-28(27-20-30-29(35)32-27)31-24-11-9-22(10-12-24)26-6-2-1-5-23(26)19-21-7-13-25(14-8-21)36-18-17-33-15-3-4-16-33/h1-2,5-14,27H,3-4,15-20H2,(H,31,34)(H2,30,32,35). The van der Waals surface area contributed by atoms with Crippen LogP contribution in [0.2, 0.25) is 0 Å². The second-order valence-electron chi connectivity index (χ2n) is 9.35. The molecule has 0 saturated carbocycles. The van der Waals surface area contributed by atoms with Gasteiger partial charge in [-0.15, -0.1) is 0 Å². The lowest BCUT2D eigenvalue weighted by molar-refractivity contribution is -0.117.